The number of alkyl halides is 2. The van der Waals surface area contributed by atoms with Crippen molar-refractivity contribution in [3.63, 3.8) is 0 Å². The molecule has 0 radical (unpaired) electrons. The third-order valence-corrected chi connectivity index (χ3v) is 10.5. The molecule has 1 saturated heterocycles. The average Bonchev–Trinajstić information content (AvgIpc) is 3.05. The van der Waals surface area contributed by atoms with Crippen LogP contribution in [-0.2, 0) is 18.2 Å². The maximum atomic E-state index is 13.9. The van der Waals surface area contributed by atoms with E-state index in [2.05, 4.69) is 72.1 Å². The van der Waals surface area contributed by atoms with E-state index in [0.717, 1.165) is 32.3 Å². The Morgan fingerprint density at radius 3 is 1.55 bits per heavy atom. The first-order valence-corrected chi connectivity index (χ1v) is 12.4. The Morgan fingerprint density at radius 2 is 1.16 bits per heavy atom. The molecule has 3 aromatic carbocycles. The van der Waals surface area contributed by atoms with Crippen molar-refractivity contribution in [2.75, 3.05) is 4.90 Å². The van der Waals surface area contributed by atoms with Crippen molar-refractivity contribution in [1.82, 2.24) is 0 Å². The maximum Gasteiger partial charge on any atom is 0.239 e. The van der Waals surface area contributed by atoms with E-state index in [1.807, 2.05) is 49.4 Å². The van der Waals surface area contributed by atoms with Gasteiger partial charge in [-0.15, -0.1) is 0 Å². The van der Waals surface area contributed by atoms with Gasteiger partial charge in [0, 0.05) is 4.47 Å². The number of hydrogen-bond acceptors (Lipinski definition) is 2. The highest BCUT2D eigenvalue weighted by atomic mass is 79.9. The zero-order chi connectivity index (χ0) is 21.7. The highest BCUT2D eigenvalue weighted by Crippen LogP contribution is 2.70. The summed E-state index contributed by atoms with van der Waals surface area (Å²) in [6.07, 6.45) is 0. The van der Waals surface area contributed by atoms with E-state index in [9.17, 15) is 9.59 Å². The summed E-state index contributed by atoms with van der Waals surface area (Å²) in [5.41, 5.74) is 5.82. The van der Waals surface area contributed by atoms with Crippen molar-refractivity contribution in [2.45, 2.75) is 15.6 Å². The number of rotatable bonds is 1. The summed E-state index contributed by atoms with van der Waals surface area (Å²) >= 11 is 11.6. The van der Waals surface area contributed by atoms with Crippen molar-refractivity contribution in [3.05, 3.63) is 99.0 Å². The highest BCUT2D eigenvalue weighted by Gasteiger charge is 2.72. The summed E-state index contributed by atoms with van der Waals surface area (Å²) in [6, 6.07) is 21.9. The molecule has 1 aliphatic heterocycles. The smallest absolute Gasteiger partial charge is 0.239 e. The normalized spacial score (nSPS) is 30.3. The molecule has 3 aliphatic carbocycles. The minimum absolute atomic E-state index is 0.171. The van der Waals surface area contributed by atoms with E-state index in [1.54, 1.807) is 0 Å². The molecule has 1 heterocycles. The molecule has 3 nitrogen and oxygen atoms in total. The van der Waals surface area contributed by atoms with Gasteiger partial charge in [-0.2, -0.15) is 0 Å². The number of anilines is 1. The zero-order valence-electron chi connectivity index (χ0n) is 16.4. The molecule has 31 heavy (non-hydrogen) atoms. The van der Waals surface area contributed by atoms with Gasteiger partial charge in [-0.3, -0.25) is 9.59 Å². The van der Waals surface area contributed by atoms with Crippen LogP contribution in [0.15, 0.2) is 71.2 Å². The summed E-state index contributed by atoms with van der Waals surface area (Å²) in [6.45, 7) is 1.98. The number of hydrogen-bond donors (Lipinski definition) is 0. The van der Waals surface area contributed by atoms with Gasteiger partial charge in [0.25, 0.3) is 0 Å². The molecular weight excluding hydrogens is 586 g/mol. The number of imide groups is 1. The van der Waals surface area contributed by atoms with E-state index in [1.165, 1.54) is 4.90 Å². The van der Waals surface area contributed by atoms with Gasteiger partial charge < -0.3 is 0 Å². The number of carbonyl (C=O) groups excluding carboxylic acids is 2. The van der Waals surface area contributed by atoms with E-state index >= 15 is 0 Å². The zero-order valence-corrected chi connectivity index (χ0v) is 21.2. The second-order valence-electron chi connectivity index (χ2n) is 8.42. The molecule has 0 N–H and O–H groups in total. The Bertz CT molecular complexity index is 1200. The minimum atomic E-state index is -0.760. The minimum Gasteiger partial charge on any atom is -0.274 e. The van der Waals surface area contributed by atoms with E-state index in [0.29, 0.717) is 5.69 Å². The monoisotopic (exact) mass is 599 g/mol. The van der Waals surface area contributed by atoms with Gasteiger partial charge in [-0.05, 0) is 46.9 Å². The lowest BCUT2D eigenvalue weighted by molar-refractivity contribution is -0.122. The van der Waals surface area contributed by atoms with Gasteiger partial charge in [0.05, 0.1) is 26.2 Å². The van der Waals surface area contributed by atoms with E-state index < -0.39 is 20.5 Å². The van der Waals surface area contributed by atoms with Gasteiger partial charge in [-0.25, -0.2) is 4.90 Å². The van der Waals surface area contributed by atoms with Crippen molar-refractivity contribution in [2.24, 2.45) is 11.8 Å². The van der Waals surface area contributed by atoms with Crippen molar-refractivity contribution >= 4 is 65.3 Å². The van der Waals surface area contributed by atoms with Crippen LogP contribution in [0.25, 0.3) is 0 Å². The third kappa shape index (κ3) is 2.24. The number of halogens is 3. The molecule has 154 valence electrons. The molecule has 2 bridgehead atoms. The molecule has 6 heteroatoms. The fourth-order valence-electron chi connectivity index (χ4n) is 5.64. The topological polar surface area (TPSA) is 37.4 Å². The third-order valence-electron chi connectivity index (χ3n) is 7.00. The lowest BCUT2D eigenvalue weighted by atomic mass is 9.54. The second kappa shape index (κ2) is 6.40. The summed E-state index contributed by atoms with van der Waals surface area (Å²) in [4.78, 5) is 29.3. The van der Waals surface area contributed by atoms with Crippen LogP contribution >= 0.6 is 47.8 Å². The van der Waals surface area contributed by atoms with Gasteiger partial charge in [-0.1, -0.05) is 102 Å². The fourth-order valence-corrected chi connectivity index (χ4v) is 8.31. The number of carbonyl (C=O) groups is 2. The van der Waals surface area contributed by atoms with Crippen LogP contribution in [0.1, 0.15) is 27.8 Å². The summed E-state index contributed by atoms with van der Waals surface area (Å²) in [5, 5.41) is 0. The van der Waals surface area contributed by atoms with Gasteiger partial charge in [0.1, 0.15) is 0 Å². The molecule has 3 aromatic rings. The predicted molar refractivity (Wildman–Crippen MR) is 131 cm³/mol. The molecule has 1 fully saturated rings. The molecule has 0 saturated carbocycles. The summed E-state index contributed by atoms with van der Waals surface area (Å²) in [5.74, 6) is -1.44. The molecule has 0 spiro atoms. The van der Waals surface area contributed by atoms with Crippen LogP contribution in [0.2, 0.25) is 0 Å². The Balaban J connectivity index is 1.65. The Morgan fingerprint density at radius 1 is 0.742 bits per heavy atom. The number of aryl methyl sites for hydroxylation is 1. The summed E-state index contributed by atoms with van der Waals surface area (Å²) in [7, 11) is 0. The van der Waals surface area contributed by atoms with Gasteiger partial charge in [0.2, 0.25) is 11.8 Å². The first kappa shape index (κ1) is 19.9. The molecule has 0 aromatic heterocycles. The molecule has 2 atom stereocenters. The van der Waals surface area contributed by atoms with Crippen LogP contribution in [0.3, 0.4) is 0 Å². The van der Waals surface area contributed by atoms with E-state index in [-0.39, 0.29) is 11.8 Å². The Kier molecular flexibility index (Phi) is 4.10. The molecule has 7 rings (SSSR count). The SMILES string of the molecule is Cc1ccc(N2C(=O)[C@@H]3[C@@H](C2=O)C2(Br)c4ccccc4C3(Br)c3ccccc32)cc1Br. The first-order chi connectivity index (χ1) is 14.8. The lowest BCUT2D eigenvalue weighted by Crippen LogP contribution is -2.56. The molecule has 4 aliphatic rings. The Labute approximate surface area is 205 Å². The highest BCUT2D eigenvalue weighted by molar-refractivity contribution is 9.10. The predicted octanol–water partition coefficient (Wildman–Crippen LogP) is 6.17. The first-order valence-electron chi connectivity index (χ1n) is 10.0. The number of benzene rings is 3. The van der Waals surface area contributed by atoms with Crippen molar-refractivity contribution in [3.8, 4) is 0 Å². The van der Waals surface area contributed by atoms with Gasteiger partial charge in [0.15, 0.2) is 0 Å². The summed E-state index contributed by atoms with van der Waals surface area (Å²) < 4.78 is -0.648. The maximum absolute atomic E-state index is 13.9. The van der Waals surface area contributed by atoms with Crippen LogP contribution in [0.4, 0.5) is 5.69 Å². The number of nitrogens with zero attached hydrogens (tertiary/aromatic N) is 1. The van der Waals surface area contributed by atoms with E-state index in [4.69, 9.17) is 0 Å². The van der Waals surface area contributed by atoms with Gasteiger partial charge >= 0.3 is 0 Å². The van der Waals surface area contributed by atoms with Crippen LogP contribution in [0.5, 0.6) is 0 Å². The standard InChI is InChI=1S/C25H16Br3NO2/c1-13-10-11-14(12-19(13)26)29-22(30)20-21(23(29)31)25(28)16-7-3-2-6-15(16)24(20,27)17-8-4-5-9-18(17)25/h2-12,20-21H,1H3/t20-,21-,24?,25?/m0/s1. The molecule has 0 unspecified atom stereocenters. The quantitative estimate of drug-likeness (QED) is 0.247. The lowest BCUT2D eigenvalue weighted by Gasteiger charge is -2.55. The largest absolute Gasteiger partial charge is 0.274 e. The molecular formula is C25H16Br3NO2. The average molecular weight is 602 g/mol. The molecule has 2 amide bonds. The fraction of sp³-hybridized carbons (Fsp3) is 0.200. The van der Waals surface area contributed by atoms with Crippen LogP contribution < -0.4 is 4.90 Å². The van der Waals surface area contributed by atoms with Crippen LogP contribution in [-0.4, -0.2) is 11.8 Å². The van der Waals surface area contributed by atoms with Crippen molar-refractivity contribution in [1.29, 1.82) is 0 Å². The van der Waals surface area contributed by atoms with Crippen molar-refractivity contribution < 1.29 is 9.59 Å². The second-order valence-corrected chi connectivity index (χ2v) is 11.8. The Hall–Kier alpha value is -1.76. The number of amides is 2. The van der Waals surface area contributed by atoms with Crippen LogP contribution in [0, 0.1) is 18.8 Å².